The Kier molecular flexibility index (Phi) is 4.80. The number of benzene rings is 1. The molecule has 0 atom stereocenters. The maximum atomic E-state index is 12.2. The minimum atomic E-state index is -4.98. The molecule has 0 unspecified atom stereocenters. The summed E-state index contributed by atoms with van der Waals surface area (Å²) < 4.78 is 45.0. The van der Waals surface area contributed by atoms with Gasteiger partial charge in [0, 0.05) is 11.6 Å². The van der Waals surface area contributed by atoms with Crippen molar-refractivity contribution in [1.82, 2.24) is 0 Å². The van der Waals surface area contributed by atoms with E-state index in [1.165, 1.54) is 0 Å². The van der Waals surface area contributed by atoms with Gasteiger partial charge in [0.2, 0.25) is 0 Å². The van der Waals surface area contributed by atoms with E-state index in [0.29, 0.717) is 6.07 Å². The second-order valence-electron chi connectivity index (χ2n) is 3.62. The van der Waals surface area contributed by atoms with E-state index in [1.54, 1.807) is 13.0 Å². The maximum absolute atomic E-state index is 12.2. The van der Waals surface area contributed by atoms with Gasteiger partial charge in [0.15, 0.2) is 0 Å². The quantitative estimate of drug-likeness (QED) is 0.860. The number of rotatable bonds is 4. The number of halogens is 3. The molecule has 5 nitrogen and oxygen atoms in total. The zero-order valence-corrected chi connectivity index (χ0v) is 10.3. The normalized spacial score (nSPS) is 10.8. The molecule has 0 saturated heterocycles. The minimum Gasteiger partial charge on any atom is -0.506 e. The third-order valence-electron chi connectivity index (χ3n) is 2.17. The lowest BCUT2D eigenvalue weighted by molar-refractivity contribution is -0.275. The van der Waals surface area contributed by atoms with Crippen LogP contribution < -0.4 is 4.74 Å². The number of nitriles is 1. The fourth-order valence-electron chi connectivity index (χ4n) is 1.43. The van der Waals surface area contributed by atoms with Crippen molar-refractivity contribution in [3.05, 3.63) is 23.3 Å². The maximum Gasteiger partial charge on any atom is 0.573 e. The smallest absolute Gasteiger partial charge is 0.506 e. The Morgan fingerprint density at radius 2 is 2.10 bits per heavy atom. The van der Waals surface area contributed by atoms with Gasteiger partial charge in [-0.2, -0.15) is 5.26 Å². The summed E-state index contributed by atoms with van der Waals surface area (Å²) in [7, 11) is 0. The molecule has 1 rings (SSSR count). The van der Waals surface area contributed by atoms with Gasteiger partial charge in [-0.3, -0.25) is 4.79 Å². The molecule has 0 aromatic heterocycles. The van der Waals surface area contributed by atoms with E-state index in [-0.39, 0.29) is 17.7 Å². The van der Waals surface area contributed by atoms with E-state index in [2.05, 4.69) is 9.47 Å². The molecule has 0 radical (unpaired) electrons. The lowest BCUT2D eigenvalue weighted by Crippen LogP contribution is -2.19. The largest absolute Gasteiger partial charge is 0.573 e. The highest BCUT2D eigenvalue weighted by Gasteiger charge is 2.33. The summed E-state index contributed by atoms with van der Waals surface area (Å²) in [6, 6.07) is 3.18. The van der Waals surface area contributed by atoms with E-state index < -0.39 is 30.3 Å². The summed E-state index contributed by atoms with van der Waals surface area (Å²) in [5.74, 6) is -2.18. The molecule has 0 aliphatic carbocycles. The standard InChI is InChI=1S/C12H10F3NO4/c1-2-19-11(18)4-7-3-8(6-16)9(17)5-10(7)20-12(13,14)15/h3,5,17H,2,4H2,1H3. The molecule has 0 spiro atoms. The predicted molar refractivity (Wildman–Crippen MR) is 59.8 cm³/mol. The van der Waals surface area contributed by atoms with Crippen molar-refractivity contribution in [2.45, 2.75) is 19.7 Å². The molecule has 0 heterocycles. The van der Waals surface area contributed by atoms with E-state index in [9.17, 15) is 23.1 Å². The third-order valence-corrected chi connectivity index (χ3v) is 2.17. The zero-order valence-electron chi connectivity index (χ0n) is 10.3. The summed E-state index contributed by atoms with van der Waals surface area (Å²) in [6.07, 6.45) is -5.49. The van der Waals surface area contributed by atoms with E-state index in [1.807, 2.05) is 0 Å². The van der Waals surface area contributed by atoms with Crippen LogP contribution in [0.1, 0.15) is 18.1 Å². The van der Waals surface area contributed by atoms with Crippen LogP contribution in [0.25, 0.3) is 0 Å². The summed E-state index contributed by atoms with van der Waals surface area (Å²) in [4.78, 5) is 11.3. The topological polar surface area (TPSA) is 79.6 Å². The van der Waals surface area contributed by atoms with Crippen molar-refractivity contribution < 1.29 is 32.5 Å². The lowest BCUT2D eigenvalue weighted by atomic mass is 10.1. The van der Waals surface area contributed by atoms with Gasteiger partial charge in [-0.25, -0.2) is 0 Å². The van der Waals surface area contributed by atoms with Crippen LogP contribution in [0.15, 0.2) is 12.1 Å². The van der Waals surface area contributed by atoms with Crippen LogP contribution >= 0.6 is 0 Å². The SMILES string of the molecule is CCOC(=O)Cc1cc(C#N)c(O)cc1OC(F)(F)F. The summed E-state index contributed by atoms with van der Waals surface area (Å²) in [6.45, 7) is 1.61. The van der Waals surface area contributed by atoms with Crippen molar-refractivity contribution >= 4 is 5.97 Å². The number of aromatic hydroxyl groups is 1. The molecule has 1 aromatic carbocycles. The summed E-state index contributed by atoms with van der Waals surface area (Å²) in [5, 5.41) is 18.1. The van der Waals surface area contributed by atoms with Crippen molar-refractivity contribution in [3.8, 4) is 17.6 Å². The summed E-state index contributed by atoms with van der Waals surface area (Å²) >= 11 is 0. The van der Waals surface area contributed by atoms with Crippen LogP contribution in [-0.2, 0) is 16.0 Å². The van der Waals surface area contributed by atoms with Gasteiger partial charge in [0.1, 0.15) is 17.6 Å². The van der Waals surface area contributed by atoms with Crippen LogP contribution in [0.2, 0.25) is 0 Å². The van der Waals surface area contributed by atoms with Gasteiger partial charge < -0.3 is 14.6 Å². The van der Waals surface area contributed by atoms with Gasteiger partial charge in [0.05, 0.1) is 18.6 Å². The Morgan fingerprint density at radius 3 is 2.60 bits per heavy atom. The fourth-order valence-corrected chi connectivity index (χ4v) is 1.43. The molecule has 0 fully saturated rings. The van der Waals surface area contributed by atoms with E-state index >= 15 is 0 Å². The first kappa shape index (κ1) is 15.6. The van der Waals surface area contributed by atoms with Crippen molar-refractivity contribution in [2.24, 2.45) is 0 Å². The Hall–Kier alpha value is -2.43. The molecule has 0 saturated carbocycles. The second kappa shape index (κ2) is 6.14. The predicted octanol–water partition coefficient (Wildman–Crippen LogP) is 2.27. The monoisotopic (exact) mass is 289 g/mol. The molecular weight excluding hydrogens is 279 g/mol. The fraction of sp³-hybridized carbons (Fsp3) is 0.333. The van der Waals surface area contributed by atoms with Crippen molar-refractivity contribution in [3.63, 3.8) is 0 Å². The average Bonchev–Trinajstić information content (AvgIpc) is 2.30. The number of carbonyl (C=O) groups is 1. The average molecular weight is 289 g/mol. The number of hydrogen-bond donors (Lipinski definition) is 1. The Morgan fingerprint density at radius 1 is 1.45 bits per heavy atom. The van der Waals surface area contributed by atoms with Crippen LogP contribution in [0.3, 0.4) is 0 Å². The van der Waals surface area contributed by atoms with Gasteiger partial charge in [-0.15, -0.1) is 13.2 Å². The first-order chi connectivity index (χ1) is 9.26. The number of hydrogen-bond acceptors (Lipinski definition) is 5. The number of nitrogens with zero attached hydrogens (tertiary/aromatic N) is 1. The number of carbonyl (C=O) groups excluding carboxylic acids is 1. The Bertz CT molecular complexity index is 549. The van der Waals surface area contributed by atoms with Gasteiger partial charge in [-0.05, 0) is 13.0 Å². The highest BCUT2D eigenvalue weighted by atomic mass is 19.4. The molecule has 0 aliphatic rings. The molecule has 20 heavy (non-hydrogen) atoms. The molecule has 0 aliphatic heterocycles. The molecule has 108 valence electrons. The first-order valence-corrected chi connectivity index (χ1v) is 5.44. The number of alkyl halides is 3. The number of esters is 1. The van der Waals surface area contributed by atoms with Crippen LogP contribution in [0.4, 0.5) is 13.2 Å². The van der Waals surface area contributed by atoms with E-state index in [0.717, 1.165) is 6.07 Å². The number of phenols is 1. The lowest BCUT2D eigenvalue weighted by Gasteiger charge is -2.14. The molecule has 0 amide bonds. The van der Waals surface area contributed by atoms with E-state index in [4.69, 9.17) is 5.26 Å². The van der Waals surface area contributed by atoms with Crippen LogP contribution in [-0.4, -0.2) is 24.0 Å². The van der Waals surface area contributed by atoms with Crippen LogP contribution in [0, 0.1) is 11.3 Å². The minimum absolute atomic E-state index is 0.0669. The van der Waals surface area contributed by atoms with Gasteiger partial charge in [0.25, 0.3) is 0 Å². The molecule has 0 bridgehead atoms. The number of ether oxygens (including phenoxy) is 2. The number of phenolic OH excluding ortho intramolecular Hbond substituents is 1. The Labute approximate surface area is 112 Å². The zero-order chi connectivity index (χ0) is 15.3. The molecule has 1 aromatic rings. The highest BCUT2D eigenvalue weighted by Crippen LogP contribution is 2.32. The molecular formula is C12H10F3NO4. The molecule has 1 N–H and O–H groups in total. The van der Waals surface area contributed by atoms with Crippen LogP contribution in [0.5, 0.6) is 11.5 Å². The summed E-state index contributed by atoms with van der Waals surface area (Å²) in [5.41, 5.74) is -0.464. The highest BCUT2D eigenvalue weighted by molar-refractivity contribution is 5.74. The first-order valence-electron chi connectivity index (χ1n) is 5.44. The van der Waals surface area contributed by atoms with Gasteiger partial charge in [-0.1, -0.05) is 0 Å². The second-order valence-corrected chi connectivity index (χ2v) is 3.62. The van der Waals surface area contributed by atoms with Crippen molar-refractivity contribution in [2.75, 3.05) is 6.61 Å². The molecule has 8 heteroatoms. The Balaban J connectivity index is 3.16. The van der Waals surface area contributed by atoms with Gasteiger partial charge >= 0.3 is 12.3 Å². The van der Waals surface area contributed by atoms with Crippen molar-refractivity contribution in [1.29, 1.82) is 5.26 Å². The third kappa shape index (κ3) is 4.35.